The van der Waals surface area contributed by atoms with Gasteiger partial charge in [0.25, 0.3) is 0 Å². The first kappa shape index (κ1) is 19.6. The zero-order valence-electron chi connectivity index (χ0n) is 16.1. The maximum Gasteiger partial charge on any atom is 0.238 e. The summed E-state index contributed by atoms with van der Waals surface area (Å²) in [6.45, 7) is 4.45. The summed E-state index contributed by atoms with van der Waals surface area (Å²) in [7, 11) is 1.67. The standard InChI is InChI=1S/C20H22ClN5O3/c1-28-18-6-5-15(21)11-14(18)12-25-7-9-26(10-8-25)13-19(27)22-16-3-2-4-17-20(16)24-29-23-17/h2-6,11H,7-10,12-13H2,1H3,(H,22,27). The zero-order valence-corrected chi connectivity index (χ0v) is 16.9. The highest BCUT2D eigenvalue weighted by Crippen LogP contribution is 2.24. The number of methoxy groups -OCH3 is 1. The van der Waals surface area contributed by atoms with E-state index in [4.69, 9.17) is 21.0 Å². The largest absolute Gasteiger partial charge is 0.496 e. The second-order valence-corrected chi connectivity index (χ2v) is 7.43. The summed E-state index contributed by atoms with van der Waals surface area (Å²) in [5.41, 5.74) is 2.86. The number of rotatable bonds is 6. The zero-order chi connectivity index (χ0) is 20.2. The maximum absolute atomic E-state index is 12.5. The summed E-state index contributed by atoms with van der Waals surface area (Å²) in [6, 6.07) is 11.1. The van der Waals surface area contributed by atoms with Gasteiger partial charge in [-0.2, -0.15) is 0 Å². The van der Waals surface area contributed by atoms with Gasteiger partial charge in [0, 0.05) is 43.3 Å². The van der Waals surface area contributed by atoms with Gasteiger partial charge >= 0.3 is 0 Å². The van der Waals surface area contributed by atoms with Crippen molar-refractivity contribution in [2.45, 2.75) is 6.54 Å². The fraction of sp³-hybridized carbons (Fsp3) is 0.350. The van der Waals surface area contributed by atoms with E-state index in [0.717, 1.165) is 44.0 Å². The summed E-state index contributed by atoms with van der Waals surface area (Å²) in [5, 5.41) is 11.2. The molecule has 1 aliphatic rings. The maximum atomic E-state index is 12.5. The topological polar surface area (TPSA) is 83.7 Å². The van der Waals surface area contributed by atoms with Gasteiger partial charge in [-0.25, -0.2) is 4.63 Å². The fourth-order valence-electron chi connectivity index (χ4n) is 3.52. The van der Waals surface area contributed by atoms with Gasteiger partial charge in [0.05, 0.1) is 19.3 Å². The van der Waals surface area contributed by atoms with Crippen LogP contribution in [-0.2, 0) is 11.3 Å². The molecule has 0 saturated carbocycles. The van der Waals surface area contributed by atoms with Crippen molar-refractivity contribution in [1.29, 1.82) is 0 Å². The summed E-state index contributed by atoms with van der Waals surface area (Å²) < 4.78 is 10.2. The van der Waals surface area contributed by atoms with Crippen LogP contribution in [0.3, 0.4) is 0 Å². The first-order valence-electron chi connectivity index (χ1n) is 9.40. The van der Waals surface area contributed by atoms with Crippen LogP contribution in [0.5, 0.6) is 5.75 Å². The van der Waals surface area contributed by atoms with Crippen LogP contribution in [0.1, 0.15) is 5.56 Å². The minimum Gasteiger partial charge on any atom is -0.496 e. The average molecular weight is 416 g/mol. The third kappa shape index (κ3) is 4.67. The molecular formula is C20H22ClN5O3. The van der Waals surface area contributed by atoms with Crippen molar-refractivity contribution >= 4 is 34.2 Å². The molecule has 152 valence electrons. The number of benzene rings is 2. The van der Waals surface area contributed by atoms with Crippen molar-refractivity contribution in [2.24, 2.45) is 0 Å². The highest BCUT2D eigenvalue weighted by Gasteiger charge is 2.20. The molecule has 0 radical (unpaired) electrons. The summed E-state index contributed by atoms with van der Waals surface area (Å²) in [5.74, 6) is 0.762. The van der Waals surface area contributed by atoms with Crippen LogP contribution in [0.25, 0.3) is 11.0 Å². The van der Waals surface area contributed by atoms with E-state index in [1.807, 2.05) is 24.3 Å². The van der Waals surface area contributed by atoms with Gasteiger partial charge in [0.15, 0.2) is 5.52 Å². The second kappa shape index (κ2) is 8.77. The molecular weight excluding hydrogens is 394 g/mol. The molecule has 0 atom stereocenters. The number of nitrogens with zero attached hydrogens (tertiary/aromatic N) is 4. The Kier molecular flexibility index (Phi) is 5.94. The number of ether oxygens (including phenoxy) is 1. The molecule has 0 spiro atoms. The van der Waals surface area contributed by atoms with Crippen LogP contribution >= 0.6 is 11.6 Å². The van der Waals surface area contributed by atoms with Gasteiger partial charge < -0.3 is 10.1 Å². The Labute approximate surface area is 173 Å². The van der Waals surface area contributed by atoms with Crippen LogP contribution in [0.15, 0.2) is 41.0 Å². The highest BCUT2D eigenvalue weighted by atomic mass is 35.5. The number of fused-ring (bicyclic) bond motifs is 1. The van der Waals surface area contributed by atoms with Crippen molar-refractivity contribution in [3.05, 3.63) is 47.0 Å². The normalized spacial score (nSPS) is 15.5. The summed E-state index contributed by atoms with van der Waals surface area (Å²) in [4.78, 5) is 16.9. The van der Waals surface area contributed by atoms with E-state index in [0.29, 0.717) is 28.3 Å². The number of hydrogen-bond donors (Lipinski definition) is 1. The van der Waals surface area contributed by atoms with E-state index in [-0.39, 0.29) is 5.91 Å². The van der Waals surface area contributed by atoms with E-state index in [1.54, 1.807) is 19.2 Å². The second-order valence-electron chi connectivity index (χ2n) is 6.99. The van der Waals surface area contributed by atoms with E-state index in [2.05, 4.69) is 25.4 Å². The van der Waals surface area contributed by atoms with Crippen LogP contribution in [0.2, 0.25) is 5.02 Å². The first-order chi connectivity index (χ1) is 14.1. The molecule has 1 fully saturated rings. The lowest BCUT2D eigenvalue weighted by Gasteiger charge is -2.34. The molecule has 1 N–H and O–H groups in total. The number of carbonyl (C=O) groups is 1. The number of hydrogen-bond acceptors (Lipinski definition) is 7. The average Bonchev–Trinajstić information content (AvgIpc) is 3.20. The third-order valence-electron chi connectivity index (χ3n) is 5.03. The van der Waals surface area contributed by atoms with Crippen LogP contribution in [0.4, 0.5) is 5.69 Å². The van der Waals surface area contributed by atoms with Gasteiger partial charge in [-0.05, 0) is 40.6 Å². The molecule has 1 saturated heterocycles. The number of aromatic nitrogens is 2. The molecule has 0 unspecified atom stereocenters. The van der Waals surface area contributed by atoms with Crippen molar-refractivity contribution in [3.63, 3.8) is 0 Å². The SMILES string of the molecule is COc1ccc(Cl)cc1CN1CCN(CC(=O)Nc2cccc3nonc23)CC1. The van der Waals surface area contributed by atoms with Crippen molar-refractivity contribution in [1.82, 2.24) is 20.1 Å². The lowest BCUT2D eigenvalue weighted by molar-refractivity contribution is -0.117. The molecule has 0 aliphatic carbocycles. The van der Waals surface area contributed by atoms with Crippen molar-refractivity contribution in [3.8, 4) is 5.75 Å². The quantitative estimate of drug-likeness (QED) is 0.662. The molecule has 2 heterocycles. The van der Waals surface area contributed by atoms with Crippen molar-refractivity contribution < 1.29 is 14.2 Å². The van der Waals surface area contributed by atoms with Crippen molar-refractivity contribution in [2.75, 3.05) is 45.2 Å². The van der Waals surface area contributed by atoms with E-state index < -0.39 is 0 Å². The Balaban J connectivity index is 1.29. The fourth-order valence-corrected chi connectivity index (χ4v) is 3.71. The lowest BCUT2D eigenvalue weighted by atomic mass is 10.1. The van der Waals surface area contributed by atoms with Gasteiger partial charge in [-0.3, -0.25) is 14.6 Å². The summed E-state index contributed by atoms with van der Waals surface area (Å²) in [6.07, 6.45) is 0. The van der Waals surface area contributed by atoms with Gasteiger partial charge in [-0.1, -0.05) is 17.7 Å². The number of nitrogens with one attached hydrogen (secondary N) is 1. The Morgan fingerprint density at radius 3 is 2.76 bits per heavy atom. The van der Waals surface area contributed by atoms with Gasteiger partial charge in [0.2, 0.25) is 5.91 Å². The first-order valence-corrected chi connectivity index (χ1v) is 9.78. The summed E-state index contributed by atoms with van der Waals surface area (Å²) >= 11 is 6.13. The smallest absolute Gasteiger partial charge is 0.238 e. The third-order valence-corrected chi connectivity index (χ3v) is 5.26. The monoisotopic (exact) mass is 415 g/mol. The Morgan fingerprint density at radius 2 is 1.97 bits per heavy atom. The van der Waals surface area contributed by atoms with E-state index >= 15 is 0 Å². The van der Waals surface area contributed by atoms with E-state index in [1.165, 1.54) is 0 Å². The highest BCUT2D eigenvalue weighted by molar-refractivity contribution is 6.30. The molecule has 1 amide bonds. The van der Waals surface area contributed by atoms with Gasteiger partial charge in [0.1, 0.15) is 11.3 Å². The molecule has 1 aliphatic heterocycles. The molecule has 8 nitrogen and oxygen atoms in total. The minimum absolute atomic E-state index is 0.0783. The molecule has 29 heavy (non-hydrogen) atoms. The number of anilines is 1. The van der Waals surface area contributed by atoms with Crippen LogP contribution < -0.4 is 10.1 Å². The predicted molar refractivity (Wildman–Crippen MR) is 110 cm³/mol. The lowest BCUT2D eigenvalue weighted by Crippen LogP contribution is -2.48. The number of piperazine rings is 1. The Bertz CT molecular complexity index is 1000. The molecule has 1 aromatic heterocycles. The molecule has 0 bridgehead atoms. The molecule has 9 heteroatoms. The number of halogens is 1. The number of carbonyl (C=O) groups excluding carboxylic acids is 1. The molecule has 3 aromatic rings. The van der Waals surface area contributed by atoms with Gasteiger partial charge in [-0.15, -0.1) is 0 Å². The van der Waals surface area contributed by atoms with Crippen LogP contribution in [0, 0.1) is 0 Å². The molecule has 4 rings (SSSR count). The number of amides is 1. The Hall–Kier alpha value is -2.68. The van der Waals surface area contributed by atoms with E-state index in [9.17, 15) is 4.79 Å². The minimum atomic E-state index is -0.0783. The van der Waals surface area contributed by atoms with Crippen LogP contribution in [-0.4, -0.2) is 65.9 Å². The molecule has 2 aromatic carbocycles. The predicted octanol–water partition coefficient (Wildman–Crippen LogP) is 2.64. The Morgan fingerprint density at radius 1 is 1.17 bits per heavy atom.